The molecule has 1 aliphatic rings. The molecule has 0 saturated carbocycles. The highest BCUT2D eigenvalue weighted by molar-refractivity contribution is 5.97. The van der Waals surface area contributed by atoms with Crippen LogP contribution in [-0.2, 0) is 16.0 Å². The van der Waals surface area contributed by atoms with Crippen molar-refractivity contribution in [2.24, 2.45) is 0 Å². The third-order valence-electron chi connectivity index (χ3n) is 3.59. The Morgan fingerprint density at radius 2 is 1.79 bits per heavy atom. The summed E-state index contributed by atoms with van der Waals surface area (Å²) in [6, 6.07) is 10.6. The van der Waals surface area contributed by atoms with Gasteiger partial charge in [-0.2, -0.15) is 0 Å². The van der Waals surface area contributed by atoms with Gasteiger partial charge in [-0.05, 0) is 48.4 Å². The van der Waals surface area contributed by atoms with Gasteiger partial charge in [-0.25, -0.2) is 4.39 Å². The minimum atomic E-state index is -0.469. The van der Waals surface area contributed by atoms with Crippen molar-refractivity contribution in [2.75, 3.05) is 13.4 Å². The molecule has 6 heteroatoms. The van der Waals surface area contributed by atoms with E-state index in [0.717, 1.165) is 5.56 Å². The quantitative estimate of drug-likeness (QED) is 0.602. The van der Waals surface area contributed by atoms with Crippen LogP contribution in [0.15, 0.2) is 42.5 Å². The van der Waals surface area contributed by atoms with Gasteiger partial charge in [0.25, 0.3) is 0 Å². The monoisotopic (exact) mass is 330 g/mol. The second kappa shape index (κ2) is 7.12. The molecule has 0 N–H and O–H groups in total. The normalized spacial score (nSPS) is 12.0. The van der Waals surface area contributed by atoms with Gasteiger partial charge >= 0.3 is 5.97 Å². The lowest BCUT2D eigenvalue weighted by atomic mass is 10.1. The Morgan fingerprint density at radius 3 is 2.58 bits per heavy atom. The van der Waals surface area contributed by atoms with E-state index >= 15 is 0 Å². The summed E-state index contributed by atoms with van der Waals surface area (Å²) < 4.78 is 28.3. The van der Waals surface area contributed by atoms with Crippen LogP contribution in [0.3, 0.4) is 0 Å². The minimum Gasteiger partial charge on any atom is -0.457 e. The first-order chi connectivity index (χ1) is 11.6. The standard InChI is InChI=1S/C18H15FO5/c19-14-5-3-13(4-6-14)15(20)10-22-18(21)8-2-12-1-7-16-17(9-12)24-11-23-16/h1,3-7,9H,2,8,10-11H2. The molecule has 3 rings (SSSR count). The molecule has 0 aromatic heterocycles. The number of fused-ring (bicyclic) bond motifs is 1. The van der Waals surface area contributed by atoms with Crippen molar-refractivity contribution in [1.29, 1.82) is 0 Å². The van der Waals surface area contributed by atoms with Crippen LogP contribution in [0, 0.1) is 5.82 Å². The van der Waals surface area contributed by atoms with Crippen LogP contribution in [0.2, 0.25) is 0 Å². The molecule has 0 saturated heterocycles. The fourth-order valence-corrected chi connectivity index (χ4v) is 2.28. The van der Waals surface area contributed by atoms with Gasteiger partial charge < -0.3 is 14.2 Å². The maximum atomic E-state index is 12.8. The summed E-state index contributed by atoms with van der Waals surface area (Å²) in [7, 11) is 0. The van der Waals surface area contributed by atoms with Gasteiger partial charge in [0.15, 0.2) is 23.9 Å². The number of esters is 1. The number of hydrogen-bond donors (Lipinski definition) is 0. The highest BCUT2D eigenvalue weighted by Gasteiger charge is 2.14. The van der Waals surface area contributed by atoms with E-state index in [-0.39, 0.29) is 25.6 Å². The molecular formula is C18H15FO5. The zero-order valence-electron chi connectivity index (χ0n) is 12.8. The molecule has 1 aliphatic heterocycles. The van der Waals surface area contributed by atoms with Crippen LogP contribution < -0.4 is 9.47 Å². The molecule has 2 aromatic rings. The smallest absolute Gasteiger partial charge is 0.306 e. The number of rotatable bonds is 6. The Kier molecular flexibility index (Phi) is 4.74. The highest BCUT2D eigenvalue weighted by atomic mass is 19.1. The molecule has 0 spiro atoms. The van der Waals surface area contributed by atoms with Crippen LogP contribution in [0.5, 0.6) is 11.5 Å². The Balaban J connectivity index is 1.46. The van der Waals surface area contributed by atoms with Gasteiger partial charge in [0.05, 0.1) is 0 Å². The first-order valence-electron chi connectivity index (χ1n) is 7.45. The van der Waals surface area contributed by atoms with Crippen LogP contribution in [0.1, 0.15) is 22.3 Å². The zero-order valence-corrected chi connectivity index (χ0v) is 12.8. The SMILES string of the molecule is O=C(CCc1ccc2c(c1)OCO2)OCC(=O)c1ccc(F)cc1. The third kappa shape index (κ3) is 3.90. The number of aryl methyl sites for hydroxylation is 1. The van der Waals surface area contributed by atoms with Crippen molar-refractivity contribution in [3.63, 3.8) is 0 Å². The van der Waals surface area contributed by atoms with Crippen LogP contribution in [0.4, 0.5) is 4.39 Å². The molecule has 1 heterocycles. The van der Waals surface area contributed by atoms with Crippen LogP contribution >= 0.6 is 0 Å². The molecule has 0 bridgehead atoms. The summed E-state index contributed by atoms with van der Waals surface area (Å²) >= 11 is 0. The van der Waals surface area contributed by atoms with E-state index in [0.29, 0.717) is 23.5 Å². The van der Waals surface area contributed by atoms with Crippen molar-refractivity contribution in [2.45, 2.75) is 12.8 Å². The van der Waals surface area contributed by atoms with Gasteiger partial charge in [-0.15, -0.1) is 0 Å². The second-order valence-electron chi connectivity index (χ2n) is 5.28. The molecule has 0 unspecified atom stereocenters. The molecule has 24 heavy (non-hydrogen) atoms. The average Bonchev–Trinajstić information content (AvgIpc) is 3.06. The predicted molar refractivity (Wildman–Crippen MR) is 82.6 cm³/mol. The molecule has 0 atom stereocenters. The third-order valence-corrected chi connectivity index (χ3v) is 3.59. The van der Waals surface area contributed by atoms with Crippen LogP contribution in [0.25, 0.3) is 0 Å². The van der Waals surface area contributed by atoms with Crippen LogP contribution in [-0.4, -0.2) is 25.2 Å². The van der Waals surface area contributed by atoms with E-state index in [2.05, 4.69) is 0 Å². The Hall–Kier alpha value is -2.89. The lowest BCUT2D eigenvalue weighted by molar-refractivity contribution is -0.142. The van der Waals surface area contributed by atoms with Gasteiger partial charge in [0, 0.05) is 12.0 Å². The van der Waals surface area contributed by atoms with E-state index in [1.54, 1.807) is 6.07 Å². The largest absolute Gasteiger partial charge is 0.457 e. The van der Waals surface area contributed by atoms with E-state index in [1.807, 2.05) is 12.1 Å². The number of ether oxygens (including phenoxy) is 3. The summed E-state index contributed by atoms with van der Waals surface area (Å²) in [5.74, 6) is 0.0837. The van der Waals surface area contributed by atoms with Gasteiger partial charge in [-0.1, -0.05) is 6.07 Å². The van der Waals surface area contributed by atoms with Gasteiger partial charge in [0.1, 0.15) is 5.82 Å². The average molecular weight is 330 g/mol. The lowest BCUT2D eigenvalue weighted by Gasteiger charge is -2.05. The van der Waals surface area contributed by atoms with Crippen molar-refractivity contribution in [3.05, 3.63) is 59.4 Å². The number of carbonyl (C=O) groups excluding carboxylic acids is 2. The molecular weight excluding hydrogens is 315 g/mol. The first kappa shape index (κ1) is 16.0. The fraction of sp³-hybridized carbons (Fsp3) is 0.222. The Morgan fingerprint density at radius 1 is 1.04 bits per heavy atom. The molecule has 0 aliphatic carbocycles. The van der Waals surface area contributed by atoms with Crippen molar-refractivity contribution in [3.8, 4) is 11.5 Å². The number of ketones is 1. The fourth-order valence-electron chi connectivity index (χ4n) is 2.28. The van der Waals surface area contributed by atoms with E-state index in [1.165, 1.54) is 24.3 Å². The van der Waals surface area contributed by atoms with Crippen molar-refractivity contribution in [1.82, 2.24) is 0 Å². The maximum absolute atomic E-state index is 12.8. The Bertz CT molecular complexity index is 755. The summed E-state index contributed by atoms with van der Waals surface area (Å²) in [6.07, 6.45) is 0.622. The lowest BCUT2D eigenvalue weighted by Crippen LogP contribution is -2.14. The summed E-state index contributed by atoms with van der Waals surface area (Å²) in [5, 5.41) is 0. The van der Waals surface area contributed by atoms with Gasteiger partial charge in [-0.3, -0.25) is 9.59 Å². The molecule has 0 fully saturated rings. The Labute approximate surface area is 138 Å². The topological polar surface area (TPSA) is 61.8 Å². The zero-order chi connectivity index (χ0) is 16.9. The molecule has 5 nitrogen and oxygen atoms in total. The molecule has 0 radical (unpaired) electrons. The summed E-state index contributed by atoms with van der Waals surface area (Å²) in [4.78, 5) is 23.6. The van der Waals surface area contributed by atoms with E-state index in [9.17, 15) is 14.0 Å². The highest BCUT2D eigenvalue weighted by Crippen LogP contribution is 2.32. The number of carbonyl (C=O) groups is 2. The van der Waals surface area contributed by atoms with E-state index in [4.69, 9.17) is 14.2 Å². The van der Waals surface area contributed by atoms with Crippen molar-refractivity contribution < 1.29 is 28.2 Å². The minimum absolute atomic E-state index is 0.149. The summed E-state index contributed by atoms with van der Waals surface area (Å²) in [5.41, 5.74) is 1.22. The number of Topliss-reactive ketones (excluding diaryl/α,β-unsaturated/α-hetero) is 1. The van der Waals surface area contributed by atoms with E-state index < -0.39 is 11.8 Å². The second-order valence-corrected chi connectivity index (χ2v) is 5.28. The first-order valence-corrected chi connectivity index (χ1v) is 7.45. The van der Waals surface area contributed by atoms with Gasteiger partial charge in [0.2, 0.25) is 6.79 Å². The molecule has 2 aromatic carbocycles. The molecule has 0 amide bonds. The molecule has 124 valence electrons. The number of halogens is 1. The van der Waals surface area contributed by atoms with Crippen molar-refractivity contribution >= 4 is 11.8 Å². The number of hydrogen-bond acceptors (Lipinski definition) is 5. The predicted octanol–water partition coefficient (Wildman–Crippen LogP) is 2.91. The summed E-state index contributed by atoms with van der Waals surface area (Å²) in [6.45, 7) is -0.155. The number of benzene rings is 2. The maximum Gasteiger partial charge on any atom is 0.306 e.